The Hall–Kier alpha value is -1.67. The average Bonchev–Trinajstić information content (AvgIpc) is 2.92. The minimum atomic E-state index is -0.225. The lowest BCUT2D eigenvalue weighted by atomic mass is 10.4. The van der Waals surface area contributed by atoms with Crippen molar-refractivity contribution < 1.29 is 4.79 Å². The number of rotatable bonds is 4. The summed E-state index contributed by atoms with van der Waals surface area (Å²) in [4.78, 5) is 20.6. The predicted octanol–water partition coefficient (Wildman–Crippen LogP) is 1.46. The van der Waals surface area contributed by atoms with E-state index in [2.05, 4.69) is 20.6 Å². The molecule has 2 rings (SSSR count). The van der Waals surface area contributed by atoms with Crippen molar-refractivity contribution in [1.29, 1.82) is 0 Å². The fraction of sp³-hybridized carbons (Fsp3) is 0.300. The van der Waals surface area contributed by atoms with Gasteiger partial charge in [-0.25, -0.2) is 9.97 Å². The van der Waals surface area contributed by atoms with Crippen LogP contribution in [0.4, 0.5) is 10.9 Å². The molecule has 18 heavy (non-hydrogen) atoms. The molecule has 0 aliphatic heterocycles. The van der Waals surface area contributed by atoms with Crippen LogP contribution in [-0.4, -0.2) is 22.9 Å². The highest BCUT2D eigenvalue weighted by Crippen LogP contribution is 2.24. The first-order chi connectivity index (χ1) is 8.60. The molecular formula is C10H13N5OS2. The Morgan fingerprint density at radius 1 is 1.50 bits per heavy atom. The zero-order valence-electron chi connectivity index (χ0n) is 9.98. The molecule has 0 saturated carbocycles. The minimum absolute atomic E-state index is 0.225. The van der Waals surface area contributed by atoms with E-state index < -0.39 is 0 Å². The molecule has 2 heterocycles. The normalized spacial score (nSPS) is 10.3. The van der Waals surface area contributed by atoms with Gasteiger partial charge in [0.25, 0.3) is 5.91 Å². The highest BCUT2D eigenvalue weighted by atomic mass is 32.1. The Kier molecular flexibility index (Phi) is 3.78. The van der Waals surface area contributed by atoms with Crippen LogP contribution in [0.25, 0.3) is 0 Å². The van der Waals surface area contributed by atoms with Crippen molar-refractivity contribution in [2.45, 2.75) is 13.5 Å². The molecule has 2 aromatic rings. The van der Waals surface area contributed by atoms with E-state index in [1.54, 1.807) is 18.4 Å². The number of hydrogen-bond donors (Lipinski definition) is 3. The van der Waals surface area contributed by atoms with E-state index in [1.165, 1.54) is 11.3 Å². The lowest BCUT2D eigenvalue weighted by Crippen LogP contribution is -2.22. The van der Waals surface area contributed by atoms with E-state index in [-0.39, 0.29) is 11.7 Å². The number of nitrogen functional groups attached to an aromatic ring is 1. The maximum absolute atomic E-state index is 11.9. The average molecular weight is 283 g/mol. The molecule has 8 heteroatoms. The van der Waals surface area contributed by atoms with Crippen LogP contribution in [0, 0.1) is 6.92 Å². The number of anilines is 2. The summed E-state index contributed by atoms with van der Waals surface area (Å²) in [5.41, 5.74) is 6.53. The molecule has 1 amide bonds. The molecule has 96 valence electrons. The number of carbonyl (C=O) groups excluding carboxylic acids is 1. The van der Waals surface area contributed by atoms with Crippen molar-refractivity contribution >= 4 is 39.5 Å². The molecular weight excluding hydrogens is 270 g/mol. The first-order valence-electron chi connectivity index (χ1n) is 5.23. The van der Waals surface area contributed by atoms with Crippen LogP contribution >= 0.6 is 22.7 Å². The molecule has 0 fully saturated rings. The van der Waals surface area contributed by atoms with Gasteiger partial charge in [-0.2, -0.15) is 0 Å². The number of nitrogens with two attached hydrogens (primary N) is 1. The molecule has 0 aliphatic carbocycles. The van der Waals surface area contributed by atoms with Crippen molar-refractivity contribution in [3.63, 3.8) is 0 Å². The number of aromatic nitrogens is 2. The van der Waals surface area contributed by atoms with Gasteiger partial charge in [0.1, 0.15) is 10.7 Å². The Bertz CT molecular complexity index is 562. The highest BCUT2D eigenvalue weighted by molar-refractivity contribution is 7.18. The van der Waals surface area contributed by atoms with Gasteiger partial charge < -0.3 is 16.4 Å². The first kappa shape index (κ1) is 12.8. The summed E-state index contributed by atoms with van der Waals surface area (Å²) in [7, 11) is 1.73. The van der Waals surface area contributed by atoms with Crippen molar-refractivity contribution in [3.8, 4) is 0 Å². The van der Waals surface area contributed by atoms with E-state index in [0.29, 0.717) is 16.6 Å². The first-order valence-corrected chi connectivity index (χ1v) is 6.93. The van der Waals surface area contributed by atoms with Crippen LogP contribution in [0.2, 0.25) is 0 Å². The van der Waals surface area contributed by atoms with E-state index in [1.807, 2.05) is 12.3 Å². The van der Waals surface area contributed by atoms with Gasteiger partial charge in [0.15, 0.2) is 5.13 Å². The number of hydrogen-bond acceptors (Lipinski definition) is 7. The molecule has 0 unspecified atom stereocenters. The van der Waals surface area contributed by atoms with E-state index in [0.717, 1.165) is 10.7 Å². The largest absolute Gasteiger partial charge is 0.382 e. The van der Waals surface area contributed by atoms with Gasteiger partial charge in [0.05, 0.1) is 17.2 Å². The van der Waals surface area contributed by atoms with Crippen LogP contribution in [0.3, 0.4) is 0 Å². The summed E-state index contributed by atoms with van der Waals surface area (Å²) in [5, 5.41) is 9.16. The van der Waals surface area contributed by atoms with Crippen LogP contribution in [0.5, 0.6) is 0 Å². The van der Waals surface area contributed by atoms with E-state index in [4.69, 9.17) is 5.73 Å². The zero-order chi connectivity index (χ0) is 13.1. The van der Waals surface area contributed by atoms with Crippen molar-refractivity contribution in [2.24, 2.45) is 0 Å². The predicted molar refractivity (Wildman–Crippen MR) is 74.1 cm³/mol. The van der Waals surface area contributed by atoms with Crippen molar-refractivity contribution in [2.75, 3.05) is 18.1 Å². The van der Waals surface area contributed by atoms with Gasteiger partial charge in [-0.1, -0.05) is 11.3 Å². The molecule has 0 aliphatic rings. The lowest BCUT2D eigenvalue weighted by molar-refractivity contribution is 0.0955. The second kappa shape index (κ2) is 5.32. The second-order valence-corrected chi connectivity index (χ2v) is 5.59. The highest BCUT2D eigenvalue weighted by Gasteiger charge is 2.15. The summed E-state index contributed by atoms with van der Waals surface area (Å²) < 4.78 is 0. The van der Waals surface area contributed by atoms with Crippen LogP contribution in [0.1, 0.15) is 20.4 Å². The van der Waals surface area contributed by atoms with Gasteiger partial charge in [0.2, 0.25) is 0 Å². The number of nitrogens with one attached hydrogen (secondary N) is 2. The molecule has 0 aromatic carbocycles. The third-order valence-corrected chi connectivity index (χ3v) is 4.08. The number of amides is 1. The Balaban J connectivity index is 2.01. The topological polar surface area (TPSA) is 92.9 Å². The van der Waals surface area contributed by atoms with E-state index >= 15 is 0 Å². The van der Waals surface area contributed by atoms with Crippen molar-refractivity contribution in [3.05, 3.63) is 21.0 Å². The van der Waals surface area contributed by atoms with Gasteiger partial charge in [-0.15, -0.1) is 11.3 Å². The van der Waals surface area contributed by atoms with Gasteiger partial charge in [-0.3, -0.25) is 4.79 Å². The minimum Gasteiger partial charge on any atom is -0.382 e. The molecule has 2 aromatic heterocycles. The fourth-order valence-corrected chi connectivity index (χ4v) is 2.71. The lowest BCUT2D eigenvalue weighted by Gasteiger charge is -2.00. The summed E-state index contributed by atoms with van der Waals surface area (Å²) in [5.74, 6) is 0.0217. The molecule has 0 bridgehead atoms. The number of thiazole rings is 2. The summed E-state index contributed by atoms with van der Waals surface area (Å²) in [6, 6.07) is 0. The van der Waals surface area contributed by atoms with E-state index in [9.17, 15) is 4.79 Å². The maximum Gasteiger partial charge on any atom is 0.265 e. The summed E-state index contributed by atoms with van der Waals surface area (Å²) >= 11 is 2.79. The maximum atomic E-state index is 11.9. The molecule has 6 nitrogen and oxygen atoms in total. The standard InChI is InChI=1S/C10H13N5OS2/c1-5-14-6(4-17-5)3-13-9(16)7-8(11)15-10(12-2)18-7/h4H,3,11H2,1-2H3,(H,12,15)(H,13,16). The summed E-state index contributed by atoms with van der Waals surface area (Å²) in [6.45, 7) is 2.33. The molecule has 0 radical (unpaired) electrons. The Morgan fingerprint density at radius 2 is 2.28 bits per heavy atom. The third-order valence-electron chi connectivity index (χ3n) is 2.17. The molecule has 0 spiro atoms. The second-order valence-electron chi connectivity index (χ2n) is 3.52. The SMILES string of the molecule is CNc1nc(N)c(C(=O)NCc2csc(C)n2)s1. The summed E-state index contributed by atoms with van der Waals surface area (Å²) in [6.07, 6.45) is 0. The number of nitrogens with zero attached hydrogens (tertiary/aromatic N) is 2. The monoisotopic (exact) mass is 283 g/mol. The van der Waals surface area contributed by atoms with Crippen LogP contribution in [0.15, 0.2) is 5.38 Å². The molecule has 0 saturated heterocycles. The number of aryl methyl sites for hydroxylation is 1. The van der Waals surface area contributed by atoms with Crippen LogP contribution < -0.4 is 16.4 Å². The quantitative estimate of drug-likeness (QED) is 0.790. The Labute approximate surface area is 112 Å². The van der Waals surface area contributed by atoms with Crippen LogP contribution in [-0.2, 0) is 6.54 Å². The van der Waals surface area contributed by atoms with Gasteiger partial charge in [-0.05, 0) is 6.92 Å². The third kappa shape index (κ3) is 2.77. The van der Waals surface area contributed by atoms with Crippen molar-refractivity contribution in [1.82, 2.24) is 15.3 Å². The smallest absolute Gasteiger partial charge is 0.265 e. The fourth-order valence-electron chi connectivity index (χ4n) is 1.34. The number of carbonyl (C=O) groups is 1. The Morgan fingerprint density at radius 3 is 2.83 bits per heavy atom. The van der Waals surface area contributed by atoms with Gasteiger partial charge in [0, 0.05) is 12.4 Å². The zero-order valence-corrected chi connectivity index (χ0v) is 11.6. The van der Waals surface area contributed by atoms with Gasteiger partial charge >= 0.3 is 0 Å². The molecule has 0 atom stereocenters. The molecule has 4 N–H and O–H groups in total.